The molecule has 1 aliphatic heterocycles. The second-order valence-corrected chi connectivity index (χ2v) is 10.7. The van der Waals surface area contributed by atoms with Gasteiger partial charge >= 0.3 is 0 Å². The van der Waals surface area contributed by atoms with Crippen LogP contribution in [0, 0.1) is 11.7 Å². The van der Waals surface area contributed by atoms with Gasteiger partial charge in [0.15, 0.2) is 0 Å². The number of nitrogens with one attached hydrogen (secondary N) is 3. The average Bonchev–Trinajstić information content (AvgIpc) is 3.76. The minimum atomic E-state index is -0.873. The lowest BCUT2D eigenvalue weighted by Gasteiger charge is -2.31. The minimum Gasteiger partial charge on any atom is -0.489 e. The second kappa shape index (κ2) is 13.1. The number of ether oxygens (including phenoxy) is 1. The molecule has 210 valence electrons. The van der Waals surface area contributed by atoms with Gasteiger partial charge in [-0.3, -0.25) is 14.4 Å². The maximum Gasteiger partial charge on any atom is 0.243 e. The number of halogens is 1. The number of amides is 3. The Morgan fingerprint density at radius 2 is 1.72 bits per heavy atom. The number of likely N-dealkylation sites (N-methyl/N-ethyl adjacent to an activating group) is 1. The fourth-order valence-corrected chi connectivity index (χ4v) is 4.82. The number of benzene rings is 2. The van der Waals surface area contributed by atoms with E-state index in [1.807, 2.05) is 31.2 Å². The van der Waals surface area contributed by atoms with Crippen LogP contribution >= 0.6 is 0 Å². The van der Waals surface area contributed by atoms with Gasteiger partial charge in [-0.1, -0.05) is 30.3 Å². The summed E-state index contributed by atoms with van der Waals surface area (Å²) in [5, 5.41) is 9.17. The Hall–Kier alpha value is -3.46. The molecule has 2 aromatic rings. The van der Waals surface area contributed by atoms with E-state index in [9.17, 15) is 18.8 Å². The molecule has 1 saturated carbocycles. The van der Waals surface area contributed by atoms with Crippen molar-refractivity contribution < 1.29 is 23.5 Å². The molecule has 0 saturated heterocycles. The molecule has 0 unspecified atom stereocenters. The number of carbonyl (C=O) groups is 3. The third-order valence-electron chi connectivity index (χ3n) is 7.50. The van der Waals surface area contributed by atoms with Crippen molar-refractivity contribution in [1.29, 1.82) is 0 Å². The molecule has 3 amide bonds. The smallest absolute Gasteiger partial charge is 0.243 e. The summed E-state index contributed by atoms with van der Waals surface area (Å²) in [7, 11) is 1.62. The van der Waals surface area contributed by atoms with E-state index in [0.717, 1.165) is 24.2 Å². The van der Waals surface area contributed by atoms with Gasteiger partial charge in [0.25, 0.3) is 0 Å². The number of rotatable bonds is 3. The Kier molecular flexibility index (Phi) is 9.56. The first-order valence-corrected chi connectivity index (χ1v) is 13.8. The zero-order valence-corrected chi connectivity index (χ0v) is 22.9. The summed E-state index contributed by atoms with van der Waals surface area (Å²) in [6.45, 7) is 4.53. The van der Waals surface area contributed by atoms with Crippen LogP contribution in [0.15, 0.2) is 48.5 Å². The number of para-hydroxylation sites is 1. The largest absolute Gasteiger partial charge is 0.489 e. The summed E-state index contributed by atoms with van der Waals surface area (Å²) >= 11 is 0. The molecule has 1 aliphatic carbocycles. The fourth-order valence-electron chi connectivity index (χ4n) is 4.82. The summed E-state index contributed by atoms with van der Waals surface area (Å²) < 4.78 is 19.7. The van der Waals surface area contributed by atoms with Crippen LogP contribution in [0.25, 0.3) is 0 Å². The van der Waals surface area contributed by atoms with Crippen molar-refractivity contribution in [2.45, 2.75) is 70.2 Å². The normalized spacial score (nSPS) is 25.9. The van der Waals surface area contributed by atoms with Gasteiger partial charge in [-0.15, -0.1) is 0 Å². The van der Waals surface area contributed by atoms with E-state index in [4.69, 9.17) is 4.74 Å². The topological polar surface area (TPSA) is 99.8 Å². The number of carbonyl (C=O) groups excluding carboxylic acids is 3. The Balaban J connectivity index is 1.56. The van der Waals surface area contributed by atoms with Crippen LogP contribution in [0.1, 0.15) is 44.2 Å². The molecule has 1 heterocycles. The van der Waals surface area contributed by atoms with Crippen LogP contribution in [0.3, 0.4) is 0 Å². The third kappa shape index (κ3) is 7.79. The lowest BCUT2D eigenvalue weighted by molar-refractivity contribution is -0.141. The van der Waals surface area contributed by atoms with Gasteiger partial charge in [-0.2, -0.15) is 0 Å². The highest BCUT2D eigenvalue weighted by Crippen LogP contribution is 2.33. The quantitative estimate of drug-likeness (QED) is 0.558. The molecule has 4 rings (SSSR count). The van der Waals surface area contributed by atoms with Gasteiger partial charge in [-0.25, -0.2) is 4.39 Å². The van der Waals surface area contributed by atoms with Crippen LogP contribution in [0.5, 0.6) is 5.75 Å². The van der Waals surface area contributed by atoms with Gasteiger partial charge < -0.3 is 25.6 Å². The number of hydrogen-bond donors (Lipinski definition) is 3. The number of hydrogen-bond acceptors (Lipinski definition) is 5. The minimum absolute atomic E-state index is 0.159. The Morgan fingerprint density at radius 3 is 2.44 bits per heavy atom. The van der Waals surface area contributed by atoms with E-state index in [1.165, 1.54) is 17.0 Å². The Labute approximate surface area is 229 Å². The van der Waals surface area contributed by atoms with Gasteiger partial charge in [-0.05, 0) is 74.8 Å². The van der Waals surface area contributed by atoms with E-state index < -0.39 is 24.0 Å². The second-order valence-electron chi connectivity index (χ2n) is 10.7. The highest BCUT2D eigenvalue weighted by atomic mass is 19.1. The molecule has 0 bridgehead atoms. The molecule has 0 aromatic heterocycles. The first kappa shape index (κ1) is 28.5. The molecule has 9 heteroatoms. The molecule has 2 aliphatic rings. The summed E-state index contributed by atoms with van der Waals surface area (Å²) in [6.07, 6.45) is 3.33. The third-order valence-corrected chi connectivity index (χ3v) is 7.50. The van der Waals surface area contributed by atoms with E-state index in [-0.39, 0.29) is 36.1 Å². The number of aryl methyl sites for hydroxylation is 1. The van der Waals surface area contributed by atoms with E-state index in [1.54, 1.807) is 26.1 Å². The summed E-state index contributed by atoms with van der Waals surface area (Å²) in [4.78, 5) is 41.4. The van der Waals surface area contributed by atoms with Gasteiger partial charge in [0.1, 0.15) is 29.8 Å². The van der Waals surface area contributed by atoms with Crippen molar-refractivity contribution in [3.63, 3.8) is 0 Å². The van der Waals surface area contributed by atoms with E-state index >= 15 is 0 Å². The lowest BCUT2D eigenvalue weighted by Crippen LogP contribution is -2.57. The monoisotopic (exact) mass is 538 g/mol. The molecule has 0 radical (unpaired) electrons. The van der Waals surface area contributed by atoms with E-state index in [0.29, 0.717) is 31.5 Å². The highest BCUT2D eigenvalue weighted by molar-refractivity contribution is 5.93. The molecule has 3 N–H and O–H groups in total. The average molecular weight is 539 g/mol. The summed E-state index contributed by atoms with van der Waals surface area (Å²) in [5.41, 5.74) is 1.76. The molecule has 4 atom stereocenters. The van der Waals surface area contributed by atoms with Crippen molar-refractivity contribution in [3.05, 3.63) is 65.5 Å². The molecule has 1 fully saturated rings. The van der Waals surface area contributed by atoms with Crippen LogP contribution in [0.4, 0.5) is 4.39 Å². The summed E-state index contributed by atoms with van der Waals surface area (Å²) in [6, 6.07) is 11.6. The van der Waals surface area contributed by atoms with Crippen molar-refractivity contribution in [2.75, 3.05) is 20.1 Å². The highest BCUT2D eigenvalue weighted by Gasteiger charge is 2.39. The molecule has 8 nitrogen and oxygen atoms in total. The predicted molar refractivity (Wildman–Crippen MR) is 147 cm³/mol. The fraction of sp³-hybridized carbons (Fsp3) is 0.500. The molecule has 39 heavy (non-hydrogen) atoms. The zero-order valence-electron chi connectivity index (χ0n) is 22.9. The van der Waals surface area contributed by atoms with Crippen molar-refractivity contribution in [2.24, 2.45) is 5.92 Å². The van der Waals surface area contributed by atoms with Crippen molar-refractivity contribution in [3.8, 4) is 5.75 Å². The van der Waals surface area contributed by atoms with Gasteiger partial charge in [0.2, 0.25) is 17.7 Å². The maximum atomic E-state index is 13.5. The standard InChI is InChI=1S/C30H39FN4O4/c1-19-18-33-27(23-12-13-23)30(38)35(3)20(2)28(36)34-25(17-21-10-14-24(31)15-11-21)29(37)32-16-6-8-22-7-4-5-9-26(22)39-19/h4-5,7,9-11,14-15,19-20,23,25,27,33H,6,8,12-13,16-18H2,1-3H3,(H,32,37)(H,34,36)/t19-,20-,25-,27-/m1/s1. The van der Waals surface area contributed by atoms with Crippen molar-refractivity contribution in [1.82, 2.24) is 20.9 Å². The number of fused-ring (bicyclic) bond motifs is 1. The van der Waals surface area contributed by atoms with Gasteiger partial charge in [0, 0.05) is 26.6 Å². The van der Waals surface area contributed by atoms with Crippen LogP contribution in [0.2, 0.25) is 0 Å². The summed E-state index contributed by atoms with van der Waals surface area (Å²) in [5.74, 6) is -0.269. The number of nitrogens with zero attached hydrogens (tertiary/aromatic N) is 1. The van der Waals surface area contributed by atoms with E-state index in [2.05, 4.69) is 16.0 Å². The van der Waals surface area contributed by atoms with Gasteiger partial charge in [0.05, 0.1) is 6.04 Å². The van der Waals surface area contributed by atoms with Crippen LogP contribution in [-0.4, -0.2) is 67.0 Å². The molecular weight excluding hydrogens is 499 g/mol. The van der Waals surface area contributed by atoms with Crippen molar-refractivity contribution >= 4 is 17.7 Å². The Morgan fingerprint density at radius 1 is 1.00 bits per heavy atom. The molecular formula is C30H39FN4O4. The first-order chi connectivity index (χ1) is 18.7. The Bertz CT molecular complexity index is 1150. The molecule has 0 spiro atoms. The van der Waals surface area contributed by atoms with Crippen LogP contribution < -0.4 is 20.7 Å². The zero-order chi connectivity index (χ0) is 27.9. The lowest BCUT2D eigenvalue weighted by atomic mass is 10.0. The molecule has 2 aromatic carbocycles. The predicted octanol–water partition coefficient (Wildman–Crippen LogP) is 2.60. The van der Waals surface area contributed by atoms with Crippen LogP contribution in [-0.2, 0) is 27.2 Å². The maximum absolute atomic E-state index is 13.5. The SMILES string of the molecule is C[C@@H]1CN[C@H](C2CC2)C(=O)N(C)[C@H](C)C(=O)N[C@H](Cc2ccc(F)cc2)C(=O)NCCCc2ccccc2O1. The first-order valence-electron chi connectivity index (χ1n) is 13.8.